The van der Waals surface area contributed by atoms with E-state index in [1.165, 1.54) is 6.92 Å². The molecule has 0 unspecified atom stereocenters. The fourth-order valence-electron chi connectivity index (χ4n) is 3.41. The minimum Gasteiger partial charge on any atom is -0.483 e. The van der Waals surface area contributed by atoms with E-state index in [9.17, 15) is 14.4 Å². The lowest BCUT2D eigenvalue weighted by Gasteiger charge is -2.20. The first-order valence-electron chi connectivity index (χ1n) is 10.2. The number of hydrogen-bond donors (Lipinski definition) is 2. The van der Waals surface area contributed by atoms with Crippen LogP contribution < -0.4 is 15.4 Å². The van der Waals surface area contributed by atoms with Crippen LogP contribution >= 0.6 is 0 Å². The molecule has 2 aromatic rings. The Balaban J connectivity index is 1.65. The second-order valence-electron chi connectivity index (χ2n) is 7.30. The van der Waals surface area contributed by atoms with Gasteiger partial charge in [-0.25, -0.2) is 0 Å². The van der Waals surface area contributed by atoms with E-state index in [-0.39, 0.29) is 24.3 Å². The highest BCUT2D eigenvalue weighted by Crippen LogP contribution is 2.21. The molecule has 30 heavy (non-hydrogen) atoms. The number of likely N-dealkylation sites (tertiary alicyclic amines) is 1. The predicted octanol–water partition coefficient (Wildman–Crippen LogP) is 3.68. The van der Waals surface area contributed by atoms with Crippen molar-refractivity contribution in [1.29, 1.82) is 0 Å². The van der Waals surface area contributed by atoms with Gasteiger partial charge in [0, 0.05) is 31.4 Å². The summed E-state index contributed by atoms with van der Waals surface area (Å²) in [6, 6.07) is 13.7. The minimum atomic E-state index is -0.354. The van der Waals surface area contributed by atoms with E-state index in [4.69, 9.17) is 4.74 Å². The SMILES string of the molecule is CC(=O)Nc1cccc(NC(=O)c2ccccc2OCC(=O)N2CCCCCC2)c1. The number of carbonyl (C=O) groups is 3. The number of para-hydroxylation sites is 1. The molecular formula is C23H27N3O4. The lowest BCUT2D eigenvalue weighted by molar-refractivity contribution is -0.133. The molecule has 0 radical (unpaired) electrons. The van der Waals surface area contributed by atoms with E-state index >= 15 is 0 Å². The number of ether oxygens (including phenoxy) is 1. The maximum atomic E-state index is 12.8. The molecule has 0 aliphatic carbocycles. The third-order valence-corrected chi connectivity index (χ3v) is 4.88. The molecule has 1 fully saturated rings. The highest BCUT2D eigenvalue weighted by atomic mass is 16.5. The number of carbonyl (C=O) groups excluding carboxylic acids is 3. The van der Waals surface area contributed by atoms with E-state index in [1.54, 1.807) is 48.5 Å². The Morgan fingerprint density at radius 1 is 0.900 bits per heavy atom. The average molecular weight is 409 g/mol. The van der Waals surface area contributed by atoms with Gasteiger partial charge in [-0.15, -0.1) is 0 Å². The molecule has 1 saturated heterocycles. The van der Waals surface area contributed by atoms with Crippen LogP contribution in [0.4, 0.5) is 11.4 Å². The lowest BCUT2D eigenvalue weighted by atomic mass is 10.1. The standard InChI is InChI=1S/C23H27N3O4/c1-17(27)24-18-9-8-10-19(15-18)25-23(29)20-11-4-5-12-21(20)30-16-22(28)26-13-6-2-3-7-14-26/h4-5,8-12,15H,2-3,6-7,13-14,16H2,1H3,(H,24,27)(H,25,29). The second kappa shape index (κ2) is 10.4. The zero-order valence-electron chi connectivity index (χ0n) is 17.1. The Hall–Kier alpha value is -3.35. The summed E-state index contributed by atoms with van der Waals surface area (Å²) in [7, 11) is 0. The first-order valence-corrected chi connectivity index (χ1v) is 10.2. The molecule has 7 nitrogen and oxygen atoms in total. The van der Waals surface area contributed by atoms with Gasteiger partial charge in [0.15, 0.2) is 6.61 Å². The predicted molar refractivity (Wildman–Crippen MR) is 116 cm³/mol. The molecule has 0 saturated carbocycles. The smallest absolute Gasteiger partial charge is 0.260 e. The third-order valence-electron chi connectivity index (χ3n) is 4.88. The summed E-state index contributed by atoms with van der Waals surface area (Å²) < 4.78 is 5.72. The minimum absolute atomic E-state index is 0.0601. The van der Waals surface area contributed by atoms with Crippen molar-refractivity contribution in [3.63, 3.8) is 0 Å². The number of nitrogens with one attached hydrogen (secondary N) is 2. The van der Waals surface area contributed by atoms with Gasteiger partial charge in [0.2, 0.25) is 5.91 Å². The lowest BCUT2D eigenvalue weighted by Crippen LogP contribution is -2.35. The quantitative estimate of drug-likeness (QED) is 0.762. The Labute approximate surface area is 176 Å². The van der Waals surface area contributed by atoms with Gasteiger partial charge in [-0.1, -0.05) is 31.0 Å². The summed E-state index contributed by atoms with van der Waals surface area (Å²) in [5, 5.41) is 5.49. The first-order chi connectivity index (χ1) is 14.5. The van der Waals surface area contributed by atoms with Crippen molar-refractivity contribution in [3.05, 3.63) is 54.1 Å². The molecule has 0 aromatic heterocycles. The van der Waals surface area contributed by atoms with Crippen LogP contribution in [0.15, 0.2) is 48.5 Å². The summed E-state index contributed by atoms with van der Waals surface area (Å²) in [6.07, 6.45) is 4.33. The van der Waals surface area contributed by atoms with E-state index in [2.05, 4.69) is 10.6 Å². The van der Waals surface area contributed by atoms with E-state index in [0.29, 0.717) is 22.7 Å². The molecule has 3 amide bonds. The topological polar surface area (TPSA) is 87.7 Å². The van der Waals surface area contributed by atoms with Crippen LogP contribution in [0.25, 0.3) is 0 Å². The highest BCUT2D eigenvalue weighted by molar-refractivity contribution is 6.06. The molecule has 1 aliphatic heterocycles. The molecule has 158 valence electrons. The van der Waals surface area contributed by atoms with E-state index < -0.39 is 0 Å². The molecular weight excluding hydrogens is 382 g/mol. The van der Waals surface area contributed by atoms with Crippen LogP contribution in [0.5, 0.6) is 5.75 Å². The summed E-state index contributed by atoms with van der Waals surface area (Å²) in [4.78, 5) is 38.3. The van der Waals surface area contributed by atoms with Crippen molar-refractivity contribution in [2.45, 2.75) is 32.6 Å². The fraction of sp³-hybridized carbons (Fsp3) is 0.348. The molecule has 2 N–H and O–H groups in total. The monoisotopic (exact) mass is 409 g/mol. The molecule has 1 heterocycles. The average Bonchev–Trinajstić information content (AvgIpc) is 3.01. The zero-order valence-corrected chi connectivity index (χ0v) is 17.1. The Morgan fingerprint density at radius 3 is 2.27 bits per heavy atom. The van der Waals surface area contributed by atoms with Crippen LogP contribution in [-0.4, -0.2) is 42.3 Å². The van der Waals surface area contributed by atoms with E-state index in [1.807, 2.05) is 4.90 Å². The summed E-state index contributed by atoms with van der Waals surface area (Å²) in [5.74, 6) is -0.245. The largest absolute Gasteiger partial charge is 0.483 e. The zero-order chi connectivity index (χ0) is 21.3. The molecule has 7 heteroatoms. The molecule has 3 rings (SSSR count). The van der Waals surface area contributed by atoms with Gasteiger partial charge in [0.25, 0.3) is 11.8 Å². The van der Waals surface area contributed by atoms with Crippen molar-refractivity contribution >= 4 is 29.1 Å². The van der Waals surface area contributed by atoms with Crippen molar-refractivity contribution in [1.82, 2.24) is 4.90 Å². The fourth-order valence-corrected chi connectivity index (χ4v) is 3.41. The van der Waals surface area contributed by atoms with Crippen molar-refractivity contribution in [3.8, 4) is 5.75 Å². The molecule has 0 atom stereocenters. The number of hydrogen-bond acceptors (Lipinski definition) is 4. The highest BCUT2D eigenvalue weighted by Gasteiger charge is 2.18. The molecule has 0 spiro atoms. The summed E-state index contributed by atoms with van der Waals surface area (Å²) >= 11 is 0. The van der Waals surface area contributed by atoms with Gasteiger partial charge >= 0.3 is 0 Å². The van der Waals surface area contributed by atoms with Crippen molar-refractivity contribution in [2.75, 3.05) is 30.3 Å². The third kappa shape index (κ3) is 6.07. The number of amides is 3. The van der Waals surface area contributed by atoms with Gasteiger partial charge in [0.05, 0.1) is 5.56 Å². The van der Waals surface area contributed by atoms with Gasteiger partial charge < -0.3 is 20.3 Å². The van der Waals surface area contributed by atoms with Gasteiger partial charge in [0.1, 0.15) is 5.75 Å². The first kappa shape index (κ1) is 21.4. The van der Waals surface area contributed by atoms with Crippen LogP contribution in [-0.2, 0) is 9.59 Å². The summed E-state index contributed by atoms with van der Waals surface area (Å²) in [6.45, 7) is 2.85. The number of anilines is 2. The van der Waals surface area contributed by atoms with Gasteiger partial charge in [-0.05, 0) is 43.2 Å². The number of rotatable bonds is 6. The van der Waals surface area contributed by atoms with Crippen LogP contribution in [0, 0.1) is 0 Å². The normalized spacial score (nSPS) is 13.8. The Morgan fingerprint density at radius 2 is 1.57 bits per heavy atom. The molecule has 0 bridgehead atoms. The van der Waals surface area contributed by atoms with Crippen molar-refractivity contribution < 1.29 is 19.1 Å². The van der Waals surface area contributed by atoms with Crippen molar-refractivity contribution in [2.24, 2.45) is 0 Å². The Bertz CT molecular complexity index is 905. The van der Waals surface area contributed by atoms with Crippen LogP contribution in [0.1, 0.15) is 43.0 Å². The van der Waals surface area contributed by atoms with Crippen LogP contribution in [0.2, 0.25) is 0 Å². The maximum absolute atomic E-state index is 12.8. The summed E-state index contributed by atoms with van der Waals surface area (Å²) in [5.41, 5.74) is 1.47. The number of benzene rings is 2. The van der Waals surface area contributed by atoms with Gasteiger partial charge in [-0.3, -0.25) is 14.4 Å². The maximum Gasteiger partial charge on any atom is 0.260 e. The Kier molecular flexibility index (Phi) is 7.43. The molecule has 1 aliphatic rings. The van der Waals surface area contributed by atoms with Crippen LogP contribution in [0.3, 0.4) is 0 Å². The van der Waals surface area contributed by atoms with Gasteiger partial charge in [-0.2, -0.15) is 0 Å². The van der Waals surface area contributed by atoms with E-state index in [0.717, 1.165) is 38.8 Å². The second-order valence-corrected chi connectivity index (χ2v) is 7.30. The number of nitrogens with zero attached hydrogens (tertiary/aromatic N) is 1. The molecule has 2 aromatic carbocycles.